The second-order valence-electron chi connectivity index (χ2n) is 8.98. The predicted molar refractivity (Wildman–Crippen MR) is 137 cm³/mol. The zero-order chi connectivity index (χ0) is 31.1. The number of aliphatic hydroxyl groups is 1. The summed E-state index contributed by atoms with van der Waals surface area (Å²) in [6, 6.07) is 9.38. The van der Waals surface area contributed by atoms with E-state index in [1.165, 1.54) is 36.4 Å². The molecule has 2 atom stereocenters. The lowest BCUT2D eigenvalue weighted by atomic mass is 9.99. The van der Waals surface area contributed by atoms with Crippen LogP contribution in [-0.4, -0.2) is 48.0 Å². The Hall–Kier alpha value is -3.65. The number of nitrogens with one attached hydrogen (secondary N) is 1. The molecule has 3 rings (SSSR count). The summed E-state index contributed by atoms with van der Waals surface area (Å²) < 4.78 is 112. The van der Waals surface area contributed by atoms with Crippen molar-refractivity contribution in [3.63, 3.8) is 0 Å². The molecule has 0 saturated heterocycles. The zero-order valence-corrected chi connectivity index (χ0v) is 22.2. The highest BCUT2D eigenvalue weighted by atomic mass is 35.5. The van der Waals surface area contributed by atoms with Gasteiger partial charge in [-0.1, -0.05) is 29.8 Å². The van der Waals surface area contributed by atoms with Gasteiger partial charge >= 0.3 is 24.7 Å². The average Bonchev–Trinajstić information content (AvgIpc) is 2.91. The second-order valence-corrected chi connectivity index (χ2v) is 9.42. The summed E-state index contributed by atoms with van der Waals surface area (Å²) in [5.41, 5.74) is -0.264. The van der Waals surface area contributed by atoms with Crippen molar-refractivity contribution >= 4 is 23.3 Å². The Morgan fingerprint density at radius 3 is 2.31 bits per heavy atom. The first-order valence-corrected chi connectivity index (χ1v) is 12.7. The van der Waals surface area contributed by atoms with E-state index in [1.807, 2.05) is 0 Å². The summed E-state index contributed by atoms with van der Waals surface area (Å²) in [7, 11) is 0. The molecule has 15 heteroatoms. The van der Waals surface area contributed by atoms with Crippen LogP contribution in [0.15, 0.2) is 66.9 Å². The van der Waals surface area contributed by atoms with E-state index in [4.69, 9.17) is 16.7 Å². The molecule has 2 aromatic carbocycles. The first-order chi connectivity index (χ1) is 19.7. The summed E-state index contributed by atoms with van der Waals surface area (Å²) >= 11 is 5.93. The minimum absolute atomic E-state index is 0.0387. The summed E-state index contributed by atoms with van der Waals surface area (Å²) in [5.74, 6) is -4.24. The number of urea groups is 1. The van der Waals surface area contributed by atoms with Gasteiger partial charge in [0.1, 0.15) is 17.6 Å². The molecule has 0 aliphatic carbocycles. The van der Waals surface area contributed by atoms with E-state index in [1.54, 1.807) is 6.07 Å². The molecular formula is C27H24ClF8N3O3. The van der Waals surface area contributed by atoms with Gasteiger partial charge in [0.15, 0.2) is 0 Å². The molecule has 6 nitrogen and oxygen atoms in total. The van der Waals surface area contributed by atoms with Crippen LogP contribution in [0.2, 0.25) is 5.02 Å². The fourth-order valence-corrected chi connectivity index (χ4v) is 4.10. The van der Waals surface area contributed by atoms with Crippen molar-refractivity contribution in [2.24, 2.45) is 5.92 Å². The molecule has 0 radical (unpaired) electrons. The van der Waals surface area contributed by atoms with Crippen molar-refractivity contribution in [2.45, 2.75) is 37.6 Å². The fraction of sp³-hybridized carbons (Fsp3) is 0.333. The number of aromatic nitrogens is 1. The molecule has 0 saturated carbocycles. The lowest BCUT2D eigenvalue weighted by Gasteiger charge is -2.33. The Kier molecular flexibility index (Phi) is 11.0. The minimum atomic E-state index is -4.99. The summed E-state index contributed by atoms with van der Waals surface area (Å²) in [6.07, 6.45) is -13.5. The molecule has 0 aliphatic rings. The number of amides is 2. The minimum Gasteiger partial charge on any atom is -0.428 e. The molecule has 1 heterocycles. The van der Waals surface area contributed by atoms with Crippen molar-refractivity contribution in [3.05, 3.63) is 89.0 Å². The van der Waals surface area contributed by atoms with Gasteiger partial charge in [0.25, 0.3) is 0 Å². The zero-order valence-electron chi connectivity index (χ0n) is 21.5. The van der Waals surface area contributed by atoms with E-state index in [-0.39, 0.29) is 28.4 Å². The quantitative estimate of drug-likeness (QED) is 0.206. The number of nitrogens with zero attached hydrogens (tertiary/aromatic N) is 2. The van der Waals surface area contributed by atoms with E-state index in [0.717, 1.165) is 23.2 Å². The van der Waals surface area contributed by atoms with Crippen molar-refractivity contribution in [2.75, 3.05) is 18.1 Å². The van der Waals surface area contributed by atoms with Crippen LogP contribution in [-0.2, 0) is 0 Å². The number of ether oxygens (including phenoxy) is 1. The van der Waals surface area contributed by atoms with Crippen LogP contribution in [0.4, 0.5) is 45.6 Å². The third-order valence-corrected chi connectivity index (χ3v) is 6.16. The molecule has 0 aliphatic heterocycles. The summed E-state index contributed by atoms with van der Waals surface area (Å²) in [4.78, 5) is 18.6. The van der Waals surface area contributed by atoms with Crippen molar-refractivity contribution in [1.29, 1.82) is 0 Å². The molecule has 0 bridgehead atoms. The smallest absolute Gasteiger partial charge is 0.428 e. The number of carbonyl (C=O) groups excluding carboxylic acids is 1. The Labute approximate surface area is 239 Å². The van der Waals surface area contributed by atoms with Crippen molar-refractivity contribution in [1.82, 2.24) is 10.3 Å². The molecule has 0 fully saturated rings. The summed E-state index contributed by atoms with van der Waals surface area (Å²) in [6.45, 7) is -1.40. The molecule has 228 valence electrons. The molecule has 42 heavy (non-hydrogen) atoms. The van der Waals surface area contributed by atoms with Gasteiger partial charge in [0, 0.05) is 31.1 Å². The normalized spacial score (nSPS) is 13.5. The number of pyridine rings is 1. The van der Waals surface area contributed by atoms with E-state index in [0.29, 0.717) is 6.07 Å². The number of carbonyl (C=O) groups is 1. The van der Waals surface area contributed by atoms with Gasteiger partial charge in [-0.05, 0) is 54.8 Å². The van der Waals surface area contributed by atoms with Gasteiger partial charge in [-0.25, -0.2) is 9.18 Å². The van der Waals surface area contributed by atoms with E-state index in [9.17, 15) is 39.9 Å². The third-order valence-electron chi connectivity index (χ3n) is 5.93. The maximum Gasteiger partial charge on any atom is 0.461 e. The van der Waals surface area contributed by atoms with E-state index < -0.39 is 67.8 Å². The lowest BCUT2D eigenvalue weighted by Crippen LogP contribution is -2.46. The number of alkyl halides is 7. The van der Waals surface area contributed by atoms with Crippen LogP contribution in [0.25, 0.3) is 0 Å². The second kappa shape index (κ2) is 14.0. The molecule has 2 amide bonds. The van der Waals surface area contributed by atoms with E-state index in [2.05, 4.69) is 15.0 Å². The highest BCUT2D eigenvalue weighted by Gasteiger charge is 2.44. The highest BCUT2D eigenvalue weighted by Crippen LogP contribution is 2.37. The van der Waals surface area contributed by atoms with Crippen molar-refractivity contribution in [3.8, 4) is 5.75 Å². The van der Waals surface area contributed by atoms with Crippen LogP contribution in [0.1, 0.15) is 30.1 Å². The molecule has 1 unspecified atom stereocenters. The predicted octanol–water partition coefficient (Wildman–Crippen LogP) is 7.37. The lowest BCUT2D eigenvalue weighted by molar-refractivity contribution is -0.253. The van der Waals surface area contributed by atoms with Gasteiger partial charge in [0.2, 0.25) is 0 Å². The van der Waals surface area contributed by atoms with Gasteiger partial charge in [-0.2, -0.15) is 30.7 Å². The summed E-state index contributed by atoms with van der Waals surface area (Å²) in [5, 5.41) is 11.3. The Morgan fingerprint density at radius 1 is 1.05 bits per heavy atom. The third kappa shape index (κ3) is 8.68. The molecule has 1 aromatic heterocycles. The monoisotopic (exact) mass is 625 g/mol. The van der Waals surface area contributed by atoms with Gasteiger partial charge in [0.05, 0.1) is 16.6 Å². The van der Waals surface area contributed by atoms with Crippen LogP contribution in [0, 0.1) is 11.7 Å². The van der Waals surface area contributed by atoms with Gasteiger partial charge < -0.3 is 15.2 Å². The maximum absolute atomic E-state index is 14.7. The Morgan fingerprint density at radius 2 is 1.74 bits per heavy atom. The first-order valence-electron chi connectivity index (χ1n) is 12.3. The largest absolute Gasteiger partial charge is 0.461 e. The van der Waals surface area contributed by atoms with Gasteiger partial charge in [-0.15, -0.1) is 0 Å². The van der Waals surface area contributed by atoms with Crippen LogP contribution in [0.5, 0.6) is 5.75 Å². The molecule has 2 N–H and O–H groups in total. The number of para-hydroxylation sites is 1. The number of anilines is 1. The van der Waals surface area contributed by atoms with Gasteiger partial charge in [-0.3, -0.25) is 9.88 Å². The maximum atomic E-state index is 14.7. The number of halogens is 9. The van der Waals surface area contributed by atoms with Crippen LogP contribution >= 0.6 is 11.6 Å². The first kappa shape index (κ1) is 32.9. The standard InChI is InChI=1S/C27H24ClF8N3O3/c28-18-8-9-22(37-15-18)23(16-11-19(29)13-21(12-16)42-27(35,36)24(30)31)39(20-6-2-1-3-7-20)25(41)38-14-17(5-4-10-40)26(32,33)34/h1-3,6-9,11-13,15,17,23-24,40H,4-5,10,14H2,(H,38,41)/t17?,23-/m0/s1. The Balaban J connectivity index is 2.13. The number of rotatable bonds is 12. The SMILES string of the molecule is O=C(NCC(CCCO)C(F)(F)F)N(c1ccccc1)[C@@H](c1cc(F)cc(OC(F)(F)C(F)F)c1)c1ccc(Cl)cn1. The topological polar surface area (TPSA) is 74.7 Å². The number of hydrogen-bond acceptors (Lipinski definition) is 4. The fourth-order valence-electron chi connectivity index (χ4n) is 3.99. The van der Waals surface area contributed by atoms with Crippen LogP contribution < -0.4 is 15.0 Å². The van der Waals surface area contributed by atoms with E-state index >= 15 is 0 Å². The highest BCUT2D eigenvalue weighted by molar-refractivity contribution is 6.30. The van der Waals surface area contributed by atoms with Crippen molar-refractivity contribution < 1.29 is 49.8 Å². The molecule has 0 spiro atoms. The number of benzene rings is 2. The molecule has 3 aromatic rings. The van der Waals surface area contributed by atoms with Crippen LogP contribution in [0.3, 0.4) is 0 Å². The number of aliphatic hydroxyl groups excluding tert-OH is 1. The number of hydrogen-bond donors (Lipinski definition) is 2. The average molecular weight is 626 g/mol. The Bertz CT molecular complexity index is 1310. The molecular weight excluding hydrogens is 602 g/mol.